The summed E-state index contributed by atoms with van der Waals surface area (Å²) in [6, 6.07) is 13.8. The molecule has 2 aromatic carbocycles. The third kappa shape index (κ3) is 7.19. The molecule has 0 saturated carbocycles. The highest BCUT2D eigenvalue weighted by molar-refractivity contribution is 5.98. The van der Waals surface area contributed by atoms with Gasteiger partial charge in [-0.15, -0.1) is 0 Å². The fourth-order valence-corrected chi connectivity index (χ4v) is 3.19. The van der Waals surface area contributed by atoms with Gasteiger partial charge in [0.05, 0.1) is 5.92 Å². The van der Waals surface area contributed by atoms with Gasteiger partial charge in [0, 0.05) is 30.0 Å². The van der Waals surface area contributed by atoms with Crippen LogP contribution in [0.1, 0.15) is 32.3 Å². The number of hydrogen-bond donors (Lipinski definition) is 3. The van der Waals surface area contributed by atoms with Gasteiger partial charge in [-0.1, -0.05) is 18.2 Å². The Morgan fingerprint density at radius 2 is 1.76 bits per heavy atom. The van der Waals surface area contributed by atoms with Crippen molar-refractivity contribution in [3.8, 4) is 5.75 Å². The molecule has 3 rings (SSSR count). The summed E-state index contributed by atoms with van der Waals surface area (Å²) in [6.45, 7) is 4.78. The van der Waals surface area contributed by atoms with E-state index in [0.29, 0.717) is 17.0 Å². The van der Waals surface area contributed by atoms with Crippen molar-refractivity contribution in [2.24, 2.45) is 0 Å². The number of ether oxygens (including phenoxy) is 2. The molecular weight excluding hydrogens is 438 g/mol. The molecule has 1 aromatic heterocycles. The molecule has 9 heteroatoms. The number of anilines is 1. The number of pyridine rings is 1. The third-order valence-electron chi connectivity index (χ3n) is 4.72. The van der Waals surface area contributed by atoms with E-state index >= 15 is 0 Å². The number of aromatic nitrogens is 1. The van der Waals surface area contributed by atoms with Gasteiger partial charge < -0.3 is 25.2 Å². The summed E-state index contributed by atoms with van der Waals surface area (Å²) in [5, 5.41) is 16.2. The predicted octanol–water partition coefficient (Wildman–Crippen LogP) is 3.95. The topological polar surface area (TPSA) is 127 Å². The number of aliphatic carboxylic acids is 1. The molecule has 3 aromatic rings. The second-order valence-electron chi connectivity index (χ2n) is 8.61. The summed E-state index contributed by atoms with van der Waals surface area (Å²) >= 11 is 0. The quantitative estimate of drug-likeness (QED) is 0.460. The lowest BCUT2D eigenvalue weighted by atomic mass is 9.97. The van der Waals surface area contributed by atoms with Crippen LogP contribution >= 0.6 is 0 Å². The van der Waals surface area contributed by atoms with Crippen molar-refractivity contribution >= 4 is 34.4 Å². The van der Waals surface area contributed by atoms with Crippen molar-refractivity contribution in [3.63, 3.8) is 0 Å². The molecule has 0 aliphatic heterocycles. The van der Waals surface area contributed by atoms with Crippen LogP contribution in [0.2, 0.25) is 0 Å². The number of carbonyl (C=O) groups is 3. The molecule has 178 valence electrons. The van der Waals surface area contributed by atoms with Crippen LogP contribution in [0.15, 0.2) is 60.9 Å². The van der Waals surface area contributed by atoms with Crippen molar-refractivity contribution < 1.29 is 29.0 Å². The first kappa shape index (κ1) is 24.5. The average molecular weight is 466 g/mol. The Morgan fingerprint density at radius 1 is 1.03 bits per heavy atom. The number of carboxylic acids is 1. The molecule has 0 radical (unpaired) electrons. The van der Waals surface area contributed by atoms with E-state index in [1.807, 2.05) is 18.2 Å². The van der Waals surface area contributed by atoms with Gasteiger partial charge in [0.15, 0.2) is 6.61 Å². The highest BCUT2D eigenvalue weighted by Gasteiger charge is 2.24. The second kappa shape index (κ2) is 10.7. The minimum atomic E-state index is -1.09. The van der Waals surface area contributed by atoms with Gasteiger partial charge in [-0.2, -0.15) is 0 Å². The van der Waals surface area contributed by atoms with Crippen LogP contribution in [0.5, 0.6) is 5.75 Å². The molecule has 0 saturated heterocycles. The van der Waals surface area contributed by atoms with E-state index in [4.69, 9.17) is 14.6 Å². The summed E-state index contributed by atoms with van der Waals surface area (Å²) in [5.41, 5.74) is 0.541. The van der Waals surface area contributed by atoms with E-state index < -0.39 is 30.2 Å². The molecule has 0 spiro atoms. The number of nitrogens with zero attached hydrogens (tertiary/aromatic N) is 1. The Bertz CT molecular complexity index is 1170. The van der Waals surface area contributed by atoms with Crippen LogP contribution in [0.4, 0.5) is 10.5 Å². The van der Waals surface area contributed by atoms with Crippen molar-refractivity contribution in [2.75, 3.05) is 18.5 Å². The number of amides is 2. The first-order valence-corrected chi connectivity index (χ1v) is 10.7. The van der Waals surface area contributed by atoms with Crippen LogP contribution in [0.25, 0.3) is 10.8 Å². The van der Waals surface area contributed by atoms with Gasteiger partial charge in [0.25, 0.3) is 0 Å². The van der Waals surface area contributed by atoms with Crippen LogP contribution in [0.3, 0.4) is 0 Å². The van der Waals surface area contributed by atoms with E-state index in [1.165, 1.54) is 0 Å². The maximum Gasteiger partial charge on any atom is 0.407 e. The van der Waals surface area contributed by atoms with Crippen molar-refractivity contribution in [3.05, 3.63) is 66.5 Å². The number of fused-ring (bicyclic) bond motifs is 1. The summed E-state index contributed by atoms with van der Waals surface area (Å²) < 4.78 is 10.4. The molecule has 0 bridgehead atoms. The zero-order valence-electron chi connectivity index (χ0n) is 19.2. The minimum Gasteiger partial charge on any atom is -0.482 e. The summed E-state index contributed by atoms with van der Waals surface area (Å²) in [6.07, 6.45) is 2.78. The number of carboxylic acid groups (broad SMARTS) is 1. The highest BCUT2D eigenvalue weighted by atomic mass is 16.6. The number of carbonyl (C=O) groups excluding carboxylic acids is 2. The first-order valence-electron chi connectivity index (χ1n) is 10.7. The van der Waals surface area contributed by atoms with Crippen LogP contribution in [-0.2, 0) is 14.3 Å². The zero-order chi connectivity index (χ0) is 24.7. The molecule has 0 aliphatic carbocycles. The SMILES string of the molecule is CC(C)(C)OC(=O)NCC(C(=O)Nc1ccc2cnccc2c1)c1ccc(OCC(=O)O)cc1. The minimum absolute atomic E-state index is 0.00637. The molecule has 1 atom stereocenters. The van der Waals surface area contributed by atoms with Gasteiger partial charge in [0.1, 0.15) is 11.4 Å². The van der Waals surface area contributed by atoms with Gasteiger partial charge in [-0.05, 0) is 62.1 Å². The number of alkyl carbamates (subject to hydrolysis) is 1. The molecule has 34 heavy (non-hydrogen) atoms. The number of hydrogen-bond acceptors (Lipinski definition) is 6. The van der Waals surface area contributed by atoms with Crippen LogP contribution in [0, 0.1) is 0 Å². The molecule has 1 unspecified atom stereocenters. The molecule has 0 fully saturated rings. The lowest BCUT2D eigenvalue weighted by Gasteiger charge is -2.22. The lowest BCUT2D eigenvalue weighted by Crippen LogP contribution is -2.37. The third-order valence-corrected chi connectivity index (χ3v) is 4.72. The molecule has 0 aliphatic rings. The molecule has 1 heterocycles. The Balaban J connectivity index is 1.78. The molecule has 2 amide bonds. The molecular formula is C25H27N3O6. The van der Waals surface area contributed by atoms with Gasteiger partial charge >= 0.3 is 12.1 Å². The maximum atomic E-state index is 13.2. The van der Waals surface area contributed by atoms with Crippen molar-refractivity contribution in [1.29, 1.82) is 0 Å². The van der Waals surface area contributed by atoms with E-state index in [-0.39, 0.29) is 12.5 Å². The number of nitrogens with one attached hydrogen (secondary N) is 2. The van der Waals surface area contributed by atoms with Crippen molar-refractivity contribution in [1.82, 2.24) is 10.3 Å². The fraction of sp³-hybridized carbons (Fsp3) is 0.280. The monoisotopic (exact) mass is 465 g/mol. The fourth-order valence-electron chi connectivity index (χ4n) is 3.19. The van der Waals surface area contributed by atoms with Crippen LogP contribution < -0.4 is 15.4 Å². The second-order valence-corrected chi connectivity index (χ2v) is 8.61. The Hall–Kier alpha value is -4.14. The zero-order valence-corrected chi connectivity index (χ0v) is 19.2. The lowest BCUT2D eigenvalue weighted by molar-refractivity contribution is -0.139. The molecule has 3 N–H and O–H groups in total. The van der Waals surface area contributed by atoms with Gasteiger partial charge in [-0.3, -0.25) is 9.78 Å². The normalized spacial score (nSPS) is 12.0. The van der Waals surface area contributed by atoms with E-state index in [2.05, 4.69) is 15.6 Å². The summed E-state index contributed by atoms with van der Waals surface area (Å²) in [5.74, 6) is -1.81. The standard InChI is InChI=1S/C25H27N3O6/c1-25(2,3)34-24(32)27-14-21(16-5-8-20(9-6-16)33-15-22(29)30)23(31)28-19-7-4-18-13-26-11-10-17(18)12-19/h4-13,21H,14-15H2,1-3H3,(H,27,32)(H,28,31)(H,29,30). The highest BCUT2D eigenvalue weighted by Crippen LogP contribution is 2.23. The average Bonchev–Trinajstić information content (AvgIpc) is 2.77. The number of rotatable bonds is 8. The first-order chi connectivity index (χ1) is 16.1. The van der Waals surface area contributed by atoms with Gasteiger partial charge in [0.2, 0.25) is 5.91 Å². The Kier molecular flexibility index (Phi) is 7.68. The summed E-state index contributed by atoms with van der Waals surface area (Å²) in [4.78, 5) is 40.2. The smallest absolute Gasteiger partial charge is 0.407 e. The Morgan fingerprint density at radius 3 is 2.44 bits per heavy atom. The van der Waals surface area contributed by atoms with Crippen LogP contribution in [-0.4, -0.2) is 46.8 Å². The van der Waals surface area contributed by atoms with E-state index in [1.54, 1.807) is 63.5 Å². The number of benzene rings is 2. The predicted molar refractivity (Wildman–Crippen MR) is 127 cm³/mol. The largest absolute Gasteiger partial charge is 0.482 e. The van der Waals surface area contributed by atoms with Gasteiger partial charge in [-0.25, -0.2) is 9.59 Å². The van der Waals surface area contributed by atoms with Crippen molar-refractivity contribution in [2.45, 2.75) is 32.3 Å². The maximum absolute atomic E-state index is 13.2. The van der Waals surface area contributed by atoms with E-state index in [0.717, 1.165) is 10.8 Å². The Labute approximate surface area is 197 Å². The molecule has 9 nitrogen and oxygen atoms in total. The summed E-state index contributed by atoms with van der Waals surface area (Å²) in [7, 11) is 0. The van der Waals surface area contributed by atoms with E-state index in [9.17, 15) is 14.4 Å².